The van der Waals surface area contributed by atoms with Gasteiger partial charge in [-0.3, -0.25) is 4.79 Å². The molecule has 0 saturated carbocycles. The summed E-state index contributed by atoms with van der Waals surface area (Å²) in [4.78, 5) is 14.0. The molecule has 0 radical (unpaired) electrons. The first-order chi connectivity index (χ1) is 7.09. The molecule has 1 unspecified atom stereocenters. The molecule has 15 heavy (non-hydrogen) atoms. The Morgan fingerprint density at radius 1 is 1.53 bits per heavy atom. The molecule has 0 aliphatic rings. The molecule has 0 aliphatic heterocycles. The Balaban J connectivity index is 2.61. The molecule has 0 fully saturated rings. The third-order valence-electron chi connectivity index (χ3n) is 2.51. The molecule has 0 amide bonds. The second kappa shape index (κ2) is 3.70. The van der Waals surface area contributed by atoms with Crippen LogP contribution in [0, 0.1) is 0 Å². The molecule has 4 heteroatoms. The van der Waals surface area contributed by atoms with Crippen LogP contribution in [0.4, 0.5) is 0 Å². The van der Waals surface area contributed by atoms with Crippen molar-refractivity contribution in [3.63, 3.8) is 0 Å². The second-order valence-corrected chi connectivity index (χ2v) is 4.41. The second-order valence-electron chi connectivity index (χ2n) is 3.49. The minimum absolute atomic E-state index is 0.493. The predicted molar refractivity (Wildman–Crippen MR) is 62.0 cm³/mol. The van der Waals surface area contributed by atoms with E-state index in [4.69, 9.17) is 5.11 Å². The van der Waals surface area contributed by atoms with E-state index in [1.807, 2.05) is 18.2 Å². The van der Waals surface area contributed by atoms with Crippen LogP contribution in [0.3, 0.4) is 0 Å². The fourth-order valence-corrected chi connectivity index (χ4v) is 1.97. The highest BCUT2D eigenvalue weighted by Gasteiger charge is 2.17. The summed E-state index contributed by atoms with van der Waals surface area (Å²) in [6.07, 6.45) is 1.76. The number of halogens is 1. The molecule has 78 valence electrons. The average Bonchev–Trinajstić information content (AvgIpc) is 2.59. The number of rotatable bonds is 2. The van der Waals surface area contributed by atoms with Crippen molar-refractivity contribution in [2.75, 3.05) is 0 Å². The molecule has 0 spiro atoms. The normalized spacial score (nSPS) is 12.9. The molecule has 2 aromatic rings. The highest BCUT2D eigenvalue weighted by atomic mass is 79.9. The van der Waals surface area contributed by atoms with Crippen LogP contribution in [0.15, 0.2) is 28.9 Å². The summed E-state index contributed by atoms with van der Waals surface area (Å²) in [7, 11) is 0. The first-order valence-electron chi connectivity index (χ1n) is 4.59. The van der Waals surface area contributed by atoms with Crippen molar-refractivity contribution in [2.24, 2.45) is 0 Å². The number of benzene rings is 1. The summed E-state index contributed by atoms with van der Waals surface area (Å²) in [6.45, 7) is 1.69. The minimum atomic E-state index is -0.809. The number of aromatic amines is 1. The van der Waals surface area contributed by atoms with E-state index in [-0.39, 0.29) is 0 Å². The number of aliphatic carboxylic acids is 1. The summed E-state index contributed by atoms with van der Waals surface area (Å²) in [5.74, 6) is -1.30. The summed E-state index contributed by atoms with van der Waals surface area (Å²) in [5, 5.41) is 9.91. The number of nitrogens with one attached hydrogen (secondary N) is 1. The van der Waals surface area contributed by atoms with E-state index in [9.17, 15) is 4.79 Å². The number of carbonyl (C=O) groups is 1. The van der Waals surface area contributed by atoms with Crippen LogP contribution in [-0.4, -0.2) is 16.1 Å². The van der Waals surface area contributed by atoms with Crippen molar-refractivity contribution in [1.82, 2.24) is 4.98 Å². The van der Waals surface area contributed by atoms with Crippen molar-refractivity contribution < 1.29 is 9.90 Å². The molecule has 1 atom stereocenters. The van der Waals surface area contributed by atoms with Crippen molar-refractivity contribution in [3.8, 4) is 0 Å². The standard InChI is InChI=1S/C11H10BrNO2/c1-6(11(14)15)9-5-13-10-3-2-7(12)4-8(9)10/h2-6,13H,1H3,(H,14,15). The lowest BCUT2D eigenvalue weighted by atomic mass is 10.0. The highest BCUT2D eigenvalue weighted by molar-refractivity contribution is 9.10. The van der Waals surface area contributed by atoms with Crippen LogP contribution in [0.25, 0.3) is 10.9 Å². The van der Waals surface area contributed by atoms with Gasteiger partial charge in [0.1, 0.15) is 0 Å². The summed E-state index contributed by atoms with van der Waals surface area (Å²) >= 11 is 3.38. The van der Waals surface area contributed by atoms with E-state index in [1.165, 1.54) is 0 Å². The predicted octanol–water partition coefficient (Wildman–Crippen LogP) is 3.12. The Morgan fingerprint density at radius 3 is 2.93 bits per heavy atom. The Bertz CT molecular complexity index is 518. The monoisotopic (exact) mass is 267 g/mol. The molecular formula is C11H10BrNO2. The van der Waals surface area contributed by atoms with Crippen molar-refractivity contribution >= 4 is 32.8 Å². The van der Waals surface area contributed by atoms with Crippen molar-refractivity contribution in [2.45, 2.75) is 12.8 Å². The van der Waals surface area contributed by atoms with Gasteiger partial charge in [0.15, 0.2) is 0 Å². The van der Waals surface area contributed by atoms with Crippen LogP contribution in [0.5, 0.6) is 0 Å². The van der Waals surface area contributed by atoms with Crippen LogP contribution in [0.2, 0.25) is 0 Å². The molecule has 0 bridgehead atoms. The van der Waals surface area contributed by atoms with E-state index < -0.39 is 11.9 Å². The van der Waals surface area contributed by atoms with Gasteiger partial charge in [0.05, 0.1) is 5.92 Å². The maximum Gasteiger partial charge on any atom is 0.310 e. The number of carboxylic acids is 1. The zero-order chi connectivity index (χ0) is 11.0. The van der Waals surface area contributed by atoms with Gasteiger partial charge in [-0.1, -0.05) is 15.9 Å². The van der Waals surface area contributed by atoms with Gasteiger partial charge in [-0.05, 0) is 30.7 Å². The SMILES string of the molecule is CC(C(=O)O)c1c[nH]c2ccc(Br)cc12. The first kappa shape index (κ1) is 10.2. The van der Waals surface area contributed by atoms with Crippen molar-refractivity contribution in [1.29, 1.82) is 0 Å². The number of H-pyrrole nitrogens is 1. The lowest BCUT2D eigenvalue weighted by Crippen LogP contribution is -2.06. The Morgan fingerprint density at radius 2 is 2.27 bits per heavy atom. The zero-order valence-electron chi connectivity index (χ0n) is 8.12. The van der Waals surface area contributed by atoms with E-state index >= 15 is 0 Å². The molecule has 3 nitrogen and oxygen atoms in total. The Labute approximate surface area is 95.2 Å². The number of aromatic nitrogens is 1. The fraction of sp³-hybridized carbons (Fsp3) is 0.182. The molecule has 2 rings (SSSR count). The molecule has 1 aromatic heterocycles. The van der Waals surface area contributed by atoms with E-state index in [1.54, 1.807) is 13.1 Å². The van der Waals surface area contributed by atoms with Gasteiger partial charge in [-0.2, -0.15) is 0 Å². The number of carboxylic acid groups (broad SMARTS) is 1. The van der Waals surface area contributed by atoms with Gasteiger partial charge < -0.3 is 10.1 Å². The summed E-state index contributed by atoms with van der Waals surface area (Å²) in [5.41, 5.74) is 1.78. The van der Waals surface area contributed by atoms with Crippen LogP contribution in [-0.2, 0) is 4.79 Å². The highest BCUT2D eigenvalue weighted by Crippen LogP contribution is 2.27. The molecular weight excluding hydrogens is 258 g/mol. The maximum atomic E-state index is 10.9. The van der Waals surface area contributed by atoms with Crippen LogP contribution >= 0.6 is 15.9 Å². The molecule has 0 aliphatic carbocycles. The summed E-state index contributed by atoms with van der Waals surface area (Å²) in [6, 6.07) is 5.78. The Kier molecular flexibility index (Phi) is 2.52. The largest absolute Gasteiger partial charge is 0.481 e. The summed E-state index contributed by atoms with van der Waals surface area (Å²) < 4.78 is 0.952. The molecule has 1 heterocycles. The van der Waals surface area contributed by atoms with Gasteiger partial charge in [0.25, 0.3) is 0 Å². The number of fused-ring (bicyclic) bond motifs is 1. The topological polar surface area (TPSA) is 53.1 Å². The van der Waals surface area contributed by atoms with Gasteiger partial charge in [-0.15, -0.1) is 0 Å². The minimum Gasteiger partial charge on any atom is -0.481 e. The molecule has 1 aromatic carbocycles. The quantitative estimate of drug-likeness (QED) is 0.879. The molecule has 2 N–H and O–H groups in total. The lowest BCUT2D eigenvalue weighted by molar-refractivity contribution is -0.138. The Hall–Kier alpha value is -1.29. The third-order valence-corrected chi connectivity index (χ3v) is 3.01. The number of hydrogen-bond acceptors (Lipinski definition) is 1. The van der Waals surface area contributed by atoms with E-state index in [2.05, 4.69) is 20.9 Å². The third kappa shape index (κ3) is 1.77. The smallest absolute Gasteiger partial charge is 0.310 e. The lowest BCUT2D eigenvalue weighted by Gasteiger charge is -2.04. The van der Waals surface area contributed by atoms with Gasteiger partial charge >= 0.3 is 5.97 Å². The van der Waals surface area contributed by atoms with Crippen LogP contribution in [0.1, 0.15) is 18.4 Å². The average molecular weight is 268 g/mol. The van der Waals surface area contributed by atoms with E-state index in [0.717, 1.165) is 20.9 Å². The van der Waals surface area contributed by atoms with Gasteiger partial charge in [-0.25, -0.2) is 0 Å². The van der Waals surface area contributed by atoms with E-state index in [0.29, 0.717) is 0 Å². The van der Waals surface area contributed by atoms with Gasteiger partial charge in [0, 0.05) is 21.6 Å². The molecule has 0 saturated heterocycles. The number of hydrogen-bond donors (Lipinski definition) is 2. The maximum absolute atomic E-state index is 10.9. The first-order valence-corrected chi connectivity index (χ1v) is 5.38. The van der Waals surface area contributed by atoms with Crippen LogP contribution < -0.4 is 0 Å². The van der Waals surface area contributed by atoms with Gasteiger partial charge in [0.2, 0.25) is 0 Å². The zero-order valence-corrected chi connectivity index (χ0v) is 9.71. The van der Waals surface area contributed by atoms with Crippen molar-refractivity contribution in [3.05, 3.63) is 34.4 Å². The fourth-order valence-electron chi connectivity index (χ4n) is 1.61.